The summed E-state index contributed by atoms with van der Waals surface area (Å²) in [7, 11) is 0. The molecular weight excluding hydrogens is 821 g/mol. The average molecular weight is 923 g/mol. The lowest BCUT2D eigenvalue weighted by molar-refractivity contribution is -0.264. The Morgan fingerprint density at radius 1 is 0.692 bits per heavy atom. The second-order valence-electron chi connectivity index (χ2n) is 23.6. The number of rotatable bonds is 10. The molecule has 1 saturated heterocycles. The quantitative estimate of drug-likeness (QED) is 0.160. The van der Waals surface area contributed by atoms with E-state index in [9.17, 15) is 29.4 Å². The third kappa shape index (κ3) is 11.6. The Balaban J connectivity index is 0.000000467. The lowest BCUT2D eigenvalue weighted by Gasteiger charge is -2.62. The van der Waals surface area contributed by atoms with Gasteiger partial charge in [-0.25, -0.2) is 0 Å². The van der Waals surface area contributed by atoms with E-state index in [0.717, 1.165) is 75.5 Å². The predicted molar refractivity (Wildman–Crippen MR) is 263 cm³/mol. The summed E-state index contributed by atoms with van der Waals surface area (Å²) in [5, 5.41) is 21.3. The zero-order chi connectivity index (χ0) is 43.1. The van der Waals surface area contributed by atoms with Crippen molar-refractivity contribution in [3.63, 3.8) is 0 Å². The number of hydrogen-bond acceptors (Lipinski definition) is 10. The normalized spacial score (nSPS) is 38.6. The highest BCUT2D eigenvalue weighted by molar-refractivity contribution is 5.77. The highest BCUT2D eigenvalue weighted by Gasteiger charge is 2.65. The molecule has 65 heavy (non-hydrogen) atoms. The lowest BCUT2D eigenvalue weighted by Crippen LogP contribution is -2.67. The maximum Gasteiger partial charge on any atom is 0.312 e. The van der Waals surface area contributed by atoms with Crippen molar-refractivity contribution in [3.8, 4) is 0 Å². The summed E-state index contributed by atoms with van der Waals surface area (Å²) in [4.78, 5) is 48.6. The van der Waals surface area contributed by atoms with E-state index in [1.54, 1.807) is 0 Å². The van der Waals surface area contributed by atoms with Crippen molar-refractivity contribution in [1.29, 1.82) is 0 Å². The molecule has 12 rings (SSSR count). The molecule has 12 aliphatic rings. The van der Waals surface area contributed by atoms with Gasteiger partial charge in [-0.15, -0.1) is 0 Å². The van der Waals surface area contributed by atoms with Crippen molar-refractivity contribution in [1.82, 2.24) is 0 Å². The number of hydrogen-bond donors (Lipinski definition) is 2. The summed E-state index contributed by atoms with van der Waals surface area (Å²) in [5.41, 5.74) is -3.26. The first-order valence-electron chi connectivity index (χ1n) is 23.7. The van der Waals surface area contributed by atoms with Crippen molar-refractivity contribution in [3.05, 3.63) is 0 Å². The molecule has 0 radical (unpaired) electrons. The minimum absolute atomic E-state index is 0. The number of carbonyl (C=O) groups is 4. The van der Waals surface area contributed by atoms with Crippen LogP contribution in [0.15, 0.2) is 0 Å². The Morgan fingerprint density at radius 2 is 1.18 bits per heavy atom. The average Bonchev–Trinajstić information content (AvgIpc) is 3.40. The molecule has 1 heterocycles. The van der Waals surface area contributed by atoms with Gasteiger partial charge in [-0.1, -0.05) is 72.3 Å². The van der Waals surface area contributed by atoms with Gasteiger partial charge in [0.25, 0.3) is 0 Å². The Bertz CT molecular complexity index is 1580. The lowest BCUT2D eigenvalue weighted by atomic mass is 9.46. The zero-order valence-corrected chi connectivity index (χ0v) is 38.2. The third-order valence-corrected chi connectivity index (χ3v) is 17.8. The van der Waals surface area contributed by atoms with Crippen molar-refractivity contribution >= 4 is 23.9 Å². The molecule has 8 unspecified atom stereocenters. The highest BCUT2D eigenvalue weighted by Crippen LogP contribution is 2.65. The summed E-state index contributed by atoms with van der Waals surface area (Å²) < 4.78 is 23.1. The Morgan fingerprint density at radius 3 is 1.65 bits per heavy atom. The second kappa shape index (κ2) is 21.2. The molecule has 382 valence electrons. The van der Waals surface area contributed by atoms with Crippen LogP contribution in [0, 0.1) is 63.6 Å². The molecule has 0 spiro atoms. The van der Waals surface area contributed by atoms with Crippen LogP contribution in [0.25, 0.3) is 0 Å². The van der Waals surface area contributed by atoms with E-state index >= 15 is 0 Å². The van der Waals surface area contributed by atoms with E-state index in [4.69, 9.17) is 18.9 Å². The Hall–Kier alpha value is -2.20. The molecule has 2 N–H and O–H groups in total. The molecule has 10 heteroatoms. The minimum Gasteiger partial charge on any atom is -0.459 e. The van der Waals surface area contributed by atoms with E-state index < -0.39 is 22.2 Å². The van der Waals surface area contributed by atoms with Crippen LogP contribution in [0.3, 0.4) is 0 Å². The summed E-state index contributed by atoms with van der Waals surface area (Å²) in [6.07, 6.45) is 16.8. The van der Waals surface area contributed by atoms with Gasteiger partial charge in [-0.05, 0) is 162 Å². The molecular formula is C55H102O10. The first kappa shape index (κ1) is 60.8. The van der Waals surface area contributed by atoms with Gasteiger partial charge in [0.05, 0.1) is 33.9 Å². The van der Waals surface area contributed by atoms with Crippen LogP contribution in [0.2, 0.25) is 0 Å². The molecule has 0 aromatic carbocycles. The van der Waals surface area contributed by atoms with E-state index in [0.29, 0.717) is 25.2 Å². The smallest absolute Gasteiger partial charge is 0.312 e. The van der Waals surface area contributed by atoms with Gasteiger partial charge in [-0.3, -0.25) is 19.2 Å². The van der Waals surface area contributed by atoms with E-state index in [-0.39, 0.29) is 121 Å². The largest absolute Gasteiger partial charge is 0.459 e. The zero-order valence-electron chi connectivity index (χ0n) is 38.2. The van der Waals surface area contributed by atoms with Gasteiger partial charge in [0, 0.05) is 36.5 Å². The maximum absolute atomic E-state index is 12.6. The molecule has 0 aromatic heterocycles. The molecule has 12 fully saturated rings. The number of carbonyl (C=O) groups excluding carboxylic acids is 4. The van der Waals surface area contributed by atoms with Crippen molar-refractivity contribution < 1.29 is 48.3 Å². The molecule has 0 aromatic rings. The highest BCUT2D eigenvalue weighted by atomic mass is 16.6. The molecule has 11 aliphatic carbocycles. The number of fused-ring (bicyclic) bond motifs is 1. The maximum atomic E-state index is 12.6. The first-order valence-corrected chi connectivity index (χ1v) is 23.7. The minimum atomic E-state index is -0.842. The van der Waals surface area contributed by atoms with Crippen LogP contribution >= 0.6 is 0 Å². The monoisotopic (exact) mass is 923 g/mol. The summed E-state index contributed by atoms with van der Waals surface area (Å²) in [6, 6.07) is 0. The molecule has 0 amide bonds. The van der Waals surface area contributed by atoms with Crippen LogP contribution < -0.4 is 0 Å². The first-order chi connectivity index (χ1) is 27.4. The van der Waals surface area contributed by atoms with Gasteiger partial charge in [0.15, 0.2) is 0 Å². The van der Waals surface area contributed by atoms with Crippen LogP contribution in [0.4, 0.5) is 0 Å². The van der Waals surface area contributed by atoms with E-state index in [1.165, 1.54) is 38.5 Å². The summed E-state index contributed by atoms with van der Waals surface area (Å²) >= 11 is 0. The van der Waals surface area contributed by atoms with Crippen molar-refractivity contribution in [2.24, 2.45) is 63.6 Å². The summed E-state index contributed by atoms with van der Waals surface area (Å²) in [6.45, 7) is 20.1. The van der Waals surface area contributed by atoms with Crippen LogP contribution in [0.5, 0.6) is 0 Å². The fourth-order valence-corrected chi connectivity index (χ4v) is 14.0. The number of ether oxygens (including phenoxy) is 4. The van der Waals surface area contributed by atoms with Crippen LogP contribution in [-0.2, 0) is 38.1 Å². The number of aliphatic hydroxyl groups is 2. The van der Waals surface area contributed by atoms with Crippen LogP contribution in [-0.4, -0.2) is 68.7 Å². The molecule has 1 aliphatic heterocycles. The SMILES string of the molecule is C.C.C.C.C.C.CCC(C)(C)C(=O)OC(C)(C)C12CC3CC(CC(C3)C1)C2.CCC(C)(C)C(=O)OC12CC3CC(O)(CC(O)(C3)C1)C2.CCC(C)C(=O)OC1C2CCC3C(C2)C(=O)OC31. The van der Waals surface area contributed by atoms with Crippen LogP contribution in [0.1, 0.15) is 229 Å². The molecule has 11 saturated carbocycles. The molecule has 8 atom stereocenters. The molecule has 10 nitrogen and oxygen atoms in total. The van der Waals surface area contributed by atoms with Gasteiger partial charge < -0.3 is 29.2 Å². The van der Waals surface area contributed by atoms with E-state index in [1.807, 2.05) is 48.5 Å². The van der Waals surface area contributed by atoms with E-state index in [2.05, 4.69) is 20.8 Å². The fraction of sp³-hybridized carbons (Fsp3) is 0.927. The fourth-order valence-electron chi connectivity index (χ4n) is 14.0. The predicted octanol–water partition coefficient (Wildman–Crippen LogP) is 12.9. The van der Waals surface area contributed by atoms with Crippen molar-refractivity contribution in [2.45, 2.75) is 264 Å². The van der Waals surface area contributed by atoms with Gasteiger partial charge in [0.2, 0.25) is 0 Å². The summed E-state index contributed by atoms with van der Waals surface area (Å²) in [5.74, 6) is 3.16. The third-order valence-electron chi connectivity index (χ3n) is 17.8. The van der Waals surface area contributed by atoms with Crippen molar-refractivity contribution in [2.75, 3.05) is 0 Å². The van der Waals surface area contributed by atoms with Gasteiger partial charge in [0.1, 0.15) is 23.4 Å². The Labute approximate surface area is 398 Å². The Kier molecular flexibility index (Phi) is 19.8. The topological polar surface area (TPSA) is 146 Å². The standard InChI is InChI=1S/C19H32O2.C16H26O4.C14H20O4.6CH4/c1-6-17(2,3)16(20)21-18(4,5)19-10-13-7-14(11-19)9-15(8-13)12-19;1-4-13(2,3)12(17)20-16-7-11-5-14(18,9-16)8-15(19,6-11)10-16;1-3-7(2)13(15)17-11-8-4-5-9-10(6-8)14(16)18-12(9)11;;;;;;/h13-15H,6-12H2,1-5H3;11,18-19H,4-10H2,1-3H3;7-12H,3-6H2,1-2H3;6*1H4. The number of esters is 4. The van der Waals surface area contributed by atoms with Gasteiger partial charge in [-0.2, -0.15) is 0 Å². The van der Waals surface area contributed by atoms with Gasteiger partial charge >= 0.3 is 23.9 Å². The second-order valence-corrected chi connectivity index (χ2v) is 23.6. The molecule has 12 bridgehead atoms.